The van der Waals surface area contributed by atoms with Crippen LogP contribution in [0.4, 0.5) is 4.39 Å². The molecular weight excluding hydrogens is 305 g/mol. The van der Waals surface area contributed by atoms with Crippen molar-refractivity contribution in [2.75, 3.05) is 7.11 Å². The number of aryl methyl sites for hydroxylation is 2. The number of hydrogen-bond acceptors (Lipinski definition) is 3. The number of benzene rings is 1. The van der Waals surface area contributed by atoms with Gasteiger partial charge in [0.1, 0.15) is 5.82 Å². The van der Waals surface area contributed by atoms with Crippen molar-refractivity contribution in [3.05, 3.63) is 53.2 Å². The monoisotopic (exact) mass is 325 g/mol. The summed E-state index contributed by atoms with van der Waals surface area (Å²) >= 11 is 0. The van der Waals surface area contributed by atoms with Crippen LogP contribution in [0.5, 0.6) is 0 Å². The van der Waals surface area contributed by atoms with E-state index in [4.69, 9.17) is 9.84 Å². The third-order valence-corrected chi connectivity index (χ3v) is 4.68. The molecule has 1 aliphatic rings. The first-order valence-electron chi connectivity index (χ1n) is 8.41. The number of aromatic nitrogens is 3. The number of halogens is 1. The Morgan fingerprint density at radius 1 is 1.12 bits per heavy atom. The minimum absolute atomic E-state index is 0.245. The second-order valence-corrected chi connectivity index (χ2v) is 6.29. The molecule has 0 spiro atoms. The number of fused-ring (bicyclic) bond motifs is 3. The fourth-order valence-corrected chi connectivity index (χ4v) is 3.52. The van der Waals surface area contributed by atoms with Crippen LogP contribution in [0.2, 0.25) is 0 Å². The minimum Gasteiger partial charge on any atom is -0.378 e. The van der Waals surface area contributed by atoms with E-state index >= 15 is 0 Å². The lowest BCUT2D eigenvalue weighted by molar-refractivity contribution is 0.181. The third-order valence-electron chi connectivity index (χ3n) is 4.68. The van der Waals surface area contributed by atoms with Gasteiger partial charge in [-0.3, -0.25) is 0 Å². The zero-order valence-electron chi connectivity index (χ0n) is 13.8. The zero-order chi connectivity index (χ0) is 16.5. The summed E-state index contributed by atoms with van der Waals surface area (Å²) in [6.45, 7) is 0.408. The summed E-state index contributed by atoms with van der Waals surface area (Å²) in [5, 5.41) is 4.79. The lowest BCUT2D eigenvalue weighted by atomic mass is 10.1. The molecule has 4 rings (SSSR count). The molecule has 24 heavy (non-hydrogen) atoms. The van der Waals surface area contributed by atoms with Crippen molar-refractivity contribution >= 4 is 5.65 Å². The Kier molecular flexibility index (Phi) is 4.02. The maximum atomic E-state index is 13.3. The van der Waals surface area contributed by atoms with E-state index in [9.17, 15) is 4.39 Å². The van der Waals surface area contributed by atoms with E-state index in [2.05, 4.69) is 4.98 Å². The maximum Gasteiger partial charge on any atom is 0.163 e. The number of nitrogens with zero attached hydrogens (tertiary/aromatic N) is 3. The van der Waals surface area contributed by atoms with Crippen LogP contribution < -0.4 is 0 Å². The standard InChI is InChI=1S/C19H20FN3O/c1-24-12-16-18(13-7-9-15(20)10-8-13)19-21-11-14-5-3-2-4-6-17(14)23(19)22-16/h7-11H,2-6,12H2,1H3. The predicted octanol–water partition coefficient (Wildman–Crippen LogP) is 3.95. The quantitative estimate of drug-likeness (QED) is 0.685. The lowest BCUT2D eigenvalue weighted by Crippen LogP contribution is -2.04. The Morgan fingerprint density at radius 3 is 2.71 bits per heavy atom. The first kappa shape index (κ1) is 15.3. The molecule has 1 aromatic carbocycles. The van der Waals surface area contributed by atoms with E-state index in [1.165, 1.54) is 42.7 Å². The van der Waals surface area contributed by atoms with E-state index in [0.29, 0.717) is 6.61 Å². The largest absolute Gasteiger partial charge is 0.378 e. The average molecular weight is 325 g/mol. The molecule has 0 N–H and O–H groups in total. The van der Waals surface area contributed by atoms with Crippen molar-refractivity contribution in [1.29, 1.82) is 0 Å². The average Bonchev–Trinajstić information content (AvgIpc) is 2.78. The van der Waals surface area contributed by atoms with Gasteiger partial charge in [-0.05, 0) is 48.9 Å². The fraction of sp³-hybridized carbons (Fsp3) is 0.368. The van der Waals surface area contributed by atoms with Gasteiger partial charge < -0.3 is 4.74 Å². The Balaban J connectivity index is 1.95. The van der Waals surface area contributed by atoms with Gasteiger partial charge in [-0.1, -0.05) is 18.6 Å². The van der Waals surface area contributed by atoms with Crippen molar-refractivity contribution in [1.82, 2.24) is 14.6 Å². The molecule has 0 aliphatic heterocycles. The molecule has 4 nitrogen and oxygen atoms in total. The lowest BCUT2D eigenvalue weighted by Gasteiger charge is -2.08. The maximum absolute atomic E-state index is 13.3. The highest BCUT2D eigenvalue weighted by Crippen LogP contribution is 2.31. The van der Waals surface area contributed by atoms with E-state index in [1.807, 2.05) is 10.7 Å². The topological polar surface area (TPSA) is 39.4 Å². The van der Waals surface area contributed by atoms with Crippen LogP contribution in [0.15, 0.2) is 30.5 Å². The van der Waals surface area contributed by atoms with Gasteiger partial charge in [0, 0.05) is 19.0 Å². The van der Waals surface area contributed by atoms with Crippen molar-refractivity contribution < 1.29 is 9.13 Å². The van der Waals surface area contributed by atoms with E-state index in [-0.39, 0.29) is 5.82 Å². The smallest absolute Gasteiger partial charge is 0.163 e. The first-order valence-corrected chi connectivity index (χ1v) is 8.41. The number of rotatable bonds is 3. The zero-order valence-corrected chi connectivity index (χ0v) is 13.8. The molecule has 0 radical (unpaired) electrons. The van der Waals surface area contributed by atoms with Crippen LogP contribution in [-0.2, 0) is 24.2 Å². The molecule has 0 fully saturated rings. The van der Waals surface area contributed by atoms with Gasteiger partial charge >= 0.3 is 0 Å². The van der Waals surface area contributed by atoms with Gasteiger partial charge in [0.25, 0.3) is 0 Å². The van der Waals surface area contributed by atoms with Crippen molar-refractivity contribution in [2.24, 2.45) is 0 Å². The highest BCUT2D eigenvalue weighted by molar-refractivity contribution is 5.80. The van der Waals surface area contributed by atoms with Gasteiger partial charge in [-0.2, -0.15) is 5.10 Å². The number of methoxy groups -OCH3 is 1. The SMILES string of the molecule is COCc1nn2c3c(cnc2c1-c1ccc(F)cc1)CCCCC3. The second kappa shape index (κ2) is 6.32. The Labute approximate surface area is 140 Å². The number of hydrogen-bond donors (Lipinski definition) is 0. The summed E-state index contributed by atoms with van der Waals surface area (Å²) in [7, 11) is 1.66. The normalized spacial score (nSPS) is 14.6. The highest BCUT2D eigenvalue weighted by atomic mass is 19.1. The van der Waals surface area contributed by atoms with Crippen LogP contribution in [0.25, 0.3) is 16.8 Å². The van der Waals surface area contributed by atoms with Crippen molar-refractivity contribution in [2.45, 2.75) is 38.7 Å². The molecule has 2 aromatic heterocycles. The Hall–Kier alpha value is -2.27. The Morgan fingerprint density at radius 2 is 1.92 bits per heavy atom. The van der Waals surface area contributed by atoms with Crippen molar-refractivity contribution in [3.63, 3.8) is 0 Å². The molecule has 3 aromatic rings. The van der Waals surface area contributed by atoms with Crippen LogP contribution >= 0.6 is 0 Å². The molecule has 0 atom stereocenters. The van der Waals surface area contributed by atoms with E-state index in [0.717, 1.165) is 35.3 Å². The van der Waals surface area contributed by atoms with Crippen LogP contribution in [0, 0.1) is 5.82 Å². The molecule has 2 heterocycles. The summed E-state index contributed by atoms with van der Waals surface area (Å²) in [6, 6.07) is 6.50. The molecular formula is C19H20FN3O. The Bertz CT molecular complexity index is 870. The van der Waals surface area contributed by atoms with Crippen LogP contribution in [-0.4, -0.2) is 21.7 Å². The van der Waals surface area contributed by atoms with E-state index in [1.54, 1.807) is 19.2 Å². The molecule has 0 bridgehead atoms. The summed E-state index contributed by atoms with van der Waals surface area (Å²) < 4.78 is 20.6. The molecule has 124 valence electrons. The van der Waals surface area contributed by atoms with Gasteiger partial charge in [-0.15, -0.1) is 0 Å². The molecule has 1 aliphatic carbocycles. The fourth-order valence-electron chi connectivity index (χ4n) is 3.52. The second-order valence-electron chi connectivity index (χ2n) is 6.29. The molecule has 0 saturated heterocycles. The predicted molar refractivity (Wildman–Crippen MR) is 90.4 cm³/mol. The summed E-state index contributed by atoms with van der Waals surface area (Å²) in [4.78, 5) is 4.69. The summed E-state index contributed by atoms with van der Waals surface area (Å²) in [6.07, 6.45) is 7.69. The molecule has 0 amide bonds. The molecule has 0 saturated carbocycles. The summed E-state index contributed by atoms with van der Waals surface area (Å²) in [5.41, 5.74) is 6.06. The van der Waals surface area contributed by atoms with Gasteiger partial charge in [0.2, 0.25) is 0 Å². The molecule has 5 heteroatoms. The van der Waals surface area contributed by atoms with Gasteiger partial charge in [-0.25, -0.2) is 13.9 Å². The highest BCUT2D eigenvalue weighted by Gasteiger charge is 2.20. The number of ether oxygens (including phenoxy) is 1. The van der Waals surface area contributed by atoms with Crippen LogP contribution in [0.3, 0.4) is 0 Å². The van der Waals surface area contributed by atoms with E-state index < -0.39 is 0 Å². The molecule has 0 unspecified atom stereocenters. The van der Waals surface area contributed by atoms with Gasteiger partial charge in [0.15, 0.2) is 5.65 Å². The first-order chi connectivity index (χ1) is 11.8. The van der Waals surface area contributed by atoms with Gasteiger partial charge in [0.05, 0.1) is 17.9 Å². The van der Waals surface area contributed by atoms with Crippen LogP contribution in [0.1, 0.15) is 36.2 Å². The minimum atomic E-state index is -0.245. The van der Waals surface area contributed by atoms with Crippen molar-refractivity contribution in [3.8, 4) is 11.1 Å². The third kappa shape index (κ3) is 2.59. The summed E-state index contributed by atoms with van der Waals surface area (Å²) in [5.74, 6) is -0.245.